The summed E-state index contributed by atoms with van der Waals surface area (Å²) in [5.74, 6) is -2.33. The van der Waals surface area contributed by atoms with Crippen LogP contribution in [0.1, 0.15) is 24.0 Å². The number of aliphatic imine (C=N–C) groups is 1. The molecular formula is C24H31IN6O4. The van der Waals surface area contributed by atoms with Crippen LogP contribution in [0.2, 0.25) is 0 Å². The number of carbonyl (C=O) groups excluding carboxylic acids is 2. The Morgan fingerprint density at radius 1 is 0.886 bits per heavy atom. The number of hydrogen-bond acceptors (Lipinski definition) is 5. The minimum absolute atomic E-state index is 0.0410. The minimum atomic E-state index is -1.17. The van der Waals surface area contributed by atoms with Gasteiger partial charge in [0, 0.05) is 23.0 Å². The van der Waals surface area contributed by atoms with Crippen LogP contribution < -0.4 is 27.8 Å². The zero-order valence-electron chi connectivity index (χ0n) is 19.2. The summed E-state index contributed by atoms with van der Waals surface area (Å²) < 4.78 is 1.02. The molecule has 0 fully saturated rings. The Bertz CT molecular complexity index is 1010. The number of carboxylic acid groups (broad SMARTS) is 1. The maximum Gasteiger partial charge on any atom is 0.326 e. The molecule has 0 aromatic heterocycles. The lowest BCUT2D eigenvalue weighted by Crippen LogP contribution is -2.55. The summed E-state index contributed by atoms with van der Waals surface area (Å²) in [5.41, 5.74) is 18.2. The van der Waals surface area contributed by atoms with Crippen molar-refractivity contribution in [2.45, 2.75) is 43.8 Å². The molecule has 0 bridgehead atoms. The van der Waals surface area contributed by atoms with E-state index in [1.807, 2.05) is 30.3 Å². The van der Waals surface area contributed by atoms with Gasteiger partial charge in [0.25, 0.3) is 0 Å². The average molecular weight is 594 g/mol. The van der Waals surface area contributed by atoms with E-state index in [0.717, 1.165) is 14.7 Å². The fraction of sp³-hybridized carbons (Fsp3) is 0.333. The molecule has 2 aromatic rings. The first-order valence-electron chi connectivity index (χ1n) is 11.1. The third-order valence-corrected chi connectivity index (χ3v) is 5.91. The van der Waals surface area contributed by atoms with Gasteiger partial charge >= 0.3 is 5.97 Å². The van der Waals surface area contributed by atoms with Crippen molar-refractivity contribution in [2.75, 3.05) is 6.54 Å². The van der Waals surface area contributed by atoms with Crippen molar-refractivity contribution in [1.29, 1.82) is 0 Å². The number of carboxylic acids is 1. The molecule has 0 aliphatic heterocycles. The van der Waals surface area contributed by atoms with Gasteiger partial charge in [0.2, 0.25) is 11.8 Å². The first-order chi connectivity index (χ1) is 16.7. The fourth-order valence-electron chi connectivity index (χ4n) is 3.32. The number of carbonyl (C=O) groups is 3. The van der Waals surface area contributed by atoms with Crippen molar-refractivity contribution < 1.29 is 19.5 Å². The van der Waals surface area contributed by atoms with Crippen molar-refractivity contribution in [2.24, 2.45) is 22.2 Å². The van der Waals surface area contributed by atoms with Gasteiger partial charge in [-0.3, -0.25) is 14.6 Å². The molecule has 0 saturated heterocycles. The number of guanidine groups is 1. The van der Waals surface area contributed by atoms with Crippen LogP contribution >= 0.6 is 22.6 Å². The summed E-state index contributed by atoms with van der Waals surface area (Å²) in [5, 5.41) is 14.9. The van der Waals surface area contributed by atoms with Crippen LogP contribution in [0.25, 0.3) is 0 Å². The molecule has 0 aliphatic rings. The normalized spacial score (nSPS) is 13.2. The van der Waals surface area contributed by atoms with Crippen molar-refractivity contribution in [3.05, 3.63) is 69.3 Å². The van der Waals surface area contributed by atoms with Crippen LogP contribution in [0.5, 0.6) is 0 Å². The second-order valence-electron chi connectivity index (χ2n) is 8.04. The number of aliphatic carboxylic acids is 1. The Hall–Kier alpha value is -3.19. The van der Waals surface area contributed by atoms with E-state index in [1.165, 1.54) is 0 Å². The fourth-order valence-corrected chi connectivity index (χ4v) is 3.68. The second-order valence-corrected chi connectivity index (χ2v) is 9.28. The summed E-state index contributed by atoms with van der Waals surface area (Å²) in [7, 11) is 0. The number of nitrogens with zero attached hydrogens (tertiary/aromatic N) is 1. The number of nitrogens with two attached hydrogens (primary N) is 3. The Balaban J connectivity index is 2.11. The van der Waals surface area contributed by atoms with Crippen LogP contribution in [-0.4, -0.2) is 53.5 Å². The lowest BCUT2D eigenvalue weighted by Gasteiger charge is -2.23. The smallest absolute Gasteiger partial charge is 0.326 e. The van der Waals surface area contributed by atoms with Crippen molar-refractivity contribution >= 4 is 46.3 Å². The quantitative estimate of drug-likeness (QED) is 0.0844. The summed E-state index contributed by atoms with van der Waals surface area (Å²) in [6.45, 7) is 0.329. The Morgan fingerprint density at radius 3 is 2.06 bits per heavy atom. The third kappa shape index (κ3) is 10.3. The molecule has 0 saturated carbocycles. The summed E-state index contributed by atoms with van der Waals surface area (Å²) in [4.78, 5) is 41.5. The predicted molar refractivity (Wildman–Crippen MR) is 142 cm³/mol. The number of nitrogens with one attached hydrogen (secondary N) is 2. The molecule has 3 atom stereocenters. The van der Waals surface area contributed by atoms with E-state index in [0.29, 0.717) is 19.4 Å². The molecule has 0 unspecified atom stereocenters. The van der Waals surface area contributed by atoms with Gasteiger partial charge in [0.05, 0.1) is 6.04 Å². The summed E-state index contributed by atoms with van der Waals surface area (Å²) in [6.07, 6.45) is 1.08. The number of hydrogen-bond donors (Lipinski definition) is 6. The van der Waals surface area contributed by atoms with Gasteiger partial charge in [-0.05, 0) is 58.7 Å². The zero-order valence-corrected chi connectivity index (χ0v) is 21.4. The molecule has 35 heavy (non-hydrogen) atoms. The minimum Gasteiger partial charge on any atom is -0.480 e. The number of halogens is 1. The van der Waals surface area contributed by atoms with Crippen LogP contribution in [0.4, 0.5) is 0 Å². The van der Waals surface area contributed by atoms with E-state index in [2.05, 4.69) is 38.2 Å². The van der Waals surface area contributed by atoms with E-state index in [9.17, 15) is 19.5 Å². The molecule has 2 aromatic carbocycles. The van der Waals surface area contributed by atoms with Crippen molar-refractivity contribution in [3.8, 4) is 0 Å². The van der Waals surface area contributed by atoms with Gasteiger partial charge in [-0.2, -0.15) is 0 Å². The van der Waals surface area contributed by atoms with E-state index < -0.39 is 35.9 Å². The highest BCUT2D eigenvalue weighted by Crippen LogP contribution is 2.11. The topological polar surface area (TPSA) is 186 Å². The molecule has 11 heteroatoms. The molecule has 188 valence electrons. The standard InChI is InChI=1S/C24H31IN6O4/c25-17-10-8-16(9-11-17)13-19(30-21(32)18(26)7-4-12-29-24(27)28)22(33)31-20(23(34)35)14-15-5-2-1-3-6-15/h1-3,5-6,8-11,18-20H,4,7,12-14,26H2,(H,30,32)(H,31,33)(H,34,35)(H4,27,28,29)/t18-,19+,20-/m0/s1. The van der Waals surface area contributed by atoms with Gasteiger partial charge in [-0.15, -0.1) is 0 Å². The lowest BCUT2D eigenvalue weighted by atomic mass is 10.0. The first-order valence-corrected chi connectivity index (χ1v) is 12.2. The molecule has 10 nitrogen and oxygen atoms in total. The van der Waals surface area contributed by atoms with E-state index >= 15 is 0 Å². The first kappa shape index (κ1) is 28.1. The maximum atomic E-state index is 13.1. The van der Waals surface area contributed by atoms with Gasteiger partial charge < -0.3 is 32.9 Å². The number of benzene rings is 2. The van der Waals surface area contributed by atoms with Crippen LogP contribution in [-0.2, 0) is 27.2 Å². The van der Waals surface area contributed by atoms with E-state index in [1.54, 1.807) is 24.3 Å². The van der Waals surface area contributed by atoms with E-state index in [4.69, 9.17) is 17.2 Å². The number of rotatable bonds is 13. The molecule has 2 amide bonds. The van der Waals surface area contributed by atoms with Crippen molar-refractivity contribution in [3.63, 3.8) is 0 Å². The Labute approximate surface area is 217 Å². The predicted octanol–water partition coefficient (Wildman–Crippen LogP) is 0.512. The van der Waals surface area contributed by atoms with Gasteiger partial charge in [-0.25, -0.2) is 4.79 Å². The summed E-state index contributed by atoms with van der Waals surface area (Å²) >= 11 is 2.17. The van der Waals surface area contributed by atoms with Gasteiger partial charge in [0.1, 0.15) is 12.1 Å². The van der Waals surface area contributed by atoms with Crippen LogP contribution in [0.3, 0.4) is 0 Å². The molecule has 0 spiro atoms. The second kappa shape index (κ2) is 14.3. The van der Waals surface area contributed by atoms with Crippen LogP contribution in [0, 0.1) is 3.57 Å². The van der Waals surface area contributed by atoms with Gasteiger partial charge in [0.15, 0.2) is 5.96 Å². The van der Waals surface area contributed by atoms with Crippen molar-refractivity contribution in [1.82, 2.24) is 10.6 Å². The van der Waals surface area contributed by atoms with E-state index in [-0.39, 0.29) is 18.8 Å². The molecule has 0 heterocycles. The molecule has 2 rings (SSSR count). The summed E-state index contributed by atoms with van der Waals surface area (Å²) in [6, 6.07) is 13.4. The molecule has 0 aliphatic carbocycles. The Morgan fingerprint density at radius 2 is 1.46 bits per heavy atom. The highest BCUT2D eigenvalue weighted by molar-refractivity contribution is 14.1. The largest absolute Gasteiger partial charge is 0.480 e. The zero-order chi connectivity index (χ0) is 25.8. The molecule has 9 N–H and O–H groups in total. The SMILES string of the molecule is NC(N)=NCCC[C@H](N)C(=O)N[C@H](Cc1ccc(I)cc1)C(=O)N[C@@H](Cc1ccccc1)C(=O)O. The monoisotopic (exact) mass is 594 g/mol. The van der Waals surface area contributed by atoms with Crippen LogP contribution in [0.15, 0.2) is 59.6 Å². The Kier molecular flexibility index (Phi) is 11.4. The third-order valence-electron chi connectivity index (χ3n) is 5.19. The van der Waals surface area contributed by atoms with Gasteiger partial charge in [-0.1, -0.05) is 42.5 Å². The number of amides is 2. The highest BCUT2D eigenvalue weighted by Gasteiger charge is 2.28. The molecular weight excluding hydrogens is 563 g/mol. The highest BCUT2D eigenvalue weighted by atomic mass is 127. The maximum absolute atomic E-state index is 13.1. The lowest BCUT2D eigenvalue weighted by molar-refractivity contribution is -0.142. The average Bonchev–Trinajstić information content (AvgIpc) is 2.82. The molecule has 0 radical (unpaired) electrons.